The summed E-state index contributed by atoms with van der Waals surface area (Å²) in [4.78, 5) is 4.76. The molecule has 1 saturated heterocycles. The van der Waals surface area contributed by atoms with Crippen molar-refractivity contribution >= 4 is 0 Å². The fourth-order valence-electron chi connectivity index (χ4n) is 3.02. The molecule has 0 spiro atoms. The minimum Gasteiger partial charge on any atom is -0.316 e. The van der Waals surface area contributed by atoms with Crippen molar-refractivity contribution < 1.29 is 0 Å². The molecule has 0 bridgehead atoms. The smallest absolute Gasteiger partial charge is 0.0453 e. The quantitative estimate of drug-likeness (QED) is 0.920. The SMILES string of the molecule is Cc1cc(Cc2ccccc2)cc(C2CCCNC2)n1. The molecule has 2 nitrogen and oxygen atoms in total. The number of hydrogen-bond donors (Lipinski definition) is 1. The van der Waals surface area contributed by atoms with E-state index in [2.05, 4.69) is 54.7 Å². The lowest BCUT2D eigenvalue weighted by atomic mass is 9.93. The van der Waals surface area contributed by atoms with E-state index in [0.29, 0.717) is 5.92 Å². The first-order chi connectivity index (χ1) is 9.81. The van der Waals surface area contributed by atoms with Gasteiger partial charge in [0.2, 0.25) is 0 Å². The van der Waals surface area contributed by atoms with Crippen LogP contribution < -0.4 is 5.32 Å². The van der Waals surface area contributed by atoms with Gasteiger partial charge in [0.05, 0.1) is 0 Å². The molecule has 1 fully saturated rings. The Morgan fingerprint density at radius 1 is 1.15 bits per heavy atom. The molecule has 0 aliphatic carbocycles. The predicted molar refractivity (Wildman–Crippen MR) is 83.1 cm³/mol. The van der Waals surface area contributed by atoms with Crippen LogP contribution in [0, 0.1) is 6.92 Å². The Labute approximate surface area is 121 Å². The van der Waals surface area contributed by atoms with Crippen LogP contribution in [0.3, 0.4) is 0 Å². The van der Waals surface area contributed by atoms with E-state index < -0.39 is 0 Å². The number of rotatable bonds is 3. The first-order valence-corrected chi connectivity index (χ1v) is 7.53. The van der Waals surface area contributed by atoms with E-state index in [1.165, 1.54) is 29.7 Å². The zero-order chi connectivity index (χ0) is 13.8. The van der Waals surface area contributed by atoms with Gasteiger partial charge >= 0.3 is 0 Å². The summed E-state index contributed by atoms with van der Waals surface area (Å²) in [5.74, 6) is 0.582. The van der Waals surface area contributed by atoms with Gasteiger partial charge in [0.1, 0.15) is 0 Å². The van der Waals surface area contributed by atoms with Crippen molar-refractivity contribution in [2.24, 2.45) is 0 Å². The molecule has 2 heteroatoms. The second-order valence-corrected chi connectivity index (χ2v) is 5.75. The van der Waals surface area contributed by atoms with Crippen LogP contribution in [0.1, 0.15) is 41.3 Å². The Hall–Kier alpha value is -1.67. The molecule has 104 valence electrons. The largest absolute Gasteiger partial charge is 0.316 e. The molecule has 0 radical (unpaired) electrons. The van der Waals surface area contributed by atoms with Crippen molar-refractivity contribution in [1.29, 1.82) is 0 Å². The molecule has 1 aromatic heterocycles. The van der Waals surface area contributed by atoms with Gasteiger partial charge in [-0.2, -0.15) is 0 Å². The fourth-order valence-corrected chi connectivity index (χ4v) is 3.02. The number of pyridine rings is 1. The van der Waals surface area contributed by atoms with Crippen LogP contribution in [-0.2, 0) is 6.42 Å². The van der Waals surface area contributed by atoms with Gasteiger partial charge in [0.25, 0.3) is 0 Å². The molecule has 1 aliphatic heterocycles. The maximum absolute atomic E-state index is 4.76. The number of hydrogen-bond acceptors (Lipinski definition) is 2. The van der Waals surface area contributed by atoms with E-state index in [1.54, 1.807) is 0 Å². The number of benzene rings is 1. The van der Waals surface area contributed by atoms with Gasteiger partial charge in [-0.15, -0.1) is 0 Å². The average Bonchev–Trinajstić information content (AvgIpc) is 2.49. The Morgan fingerprint density at radius 3 is 2.75 bits per heavy atom. The van der Waals surface area contributed by atoms with Crippen molar-refractivity contribution in [2.75, 3.05) is 13.1 Å². The van der Waals surface area contributed by atoms with Crippen LogP contribution in [0.25, 0.3) is 0 Å². The highest BCUT2D eigenvalue weighted by molar-refractivity contribution is 5.29. The molecule has 3 rings (SSSR count). The molecule has 2 aromatic rings. The molecule has 20 heavy (non-hydrogen) atoms. The summed E-state index contributed by atoms with van der Waals surface area (Å²) in [5.41, 5.74) is 5.15. The maximum atomic E-state index is 4.76. The minimum atomic E-state index is 0.582. The fraction of sp³-hybridized carbons (Fsp3) is 0.389. The first-order valence-electron chi connectivity index (χ1n) is 7.53. The van der Waals surface area contributed by atoms with Gasteiger partial charge in [0.15, 0.2) is 0 Å². The zero-order valence-electron chi connectivity index (χ0n) is 12.1. The van der Waals surface area contributed by atoms with Gasteiger partial charge in [-0.05, 0) is 56.0 Å². The highest BCUT2D eigenvalue weighted by Crippen LogP contribution is 2.23. The van der Waals surface area contributed by atoms with Gasteiger partial charge in [-0.3, -0.25) is 4.98 Å². The van der Waals surface area contributed by atoms with Crippen LogP contribution in [0.4, 0.5) is 0 Å². The standard InChI is InChI=1S/C18H22N2/c1-14-10-16(11-15-6-3-2-4-7-15)12-18(20-14)17-8-5-9-19-13-17/h2-4,6-7,10,12,17,19H,5,8-9,11,13H2,1H3. The second-order valence-electron chi connectivity index (χ2n) is 5.75. The van der Waals surface area contributed by atoms with Crippen LogP contribution in [0.2, 0.25) is 0 Å². The maximum Gasteiger partial charge on any atom is 0.0453 e. The van der Waals surface area contributed by atoms with E-state index in [1.807, 2.05) is 0 Å². The Bertz CT molecular complexity index is 557. The molecular weight excluding hydrogens is 244 g/mol. The number of nitrogens with zero attached hydrogens (tertiary/aromatic N) is 1. The summed E-state index contributed by atoms with van der Waals surface area (Å²) in [7, 11) is 0. The lowest BCUT2D eigenvalue weighted by molar-refractivity contribution is 0.454. The number of piperidine rings is 1. The first kappa shape index (κ1) is 13.3. The van der Waals surface area contributed by atoms with Crippen LogP contribution in [-0.4, -0.2) is 18.1 Å². The predicted octanol–water partition coefficient (Wildman–Crippen LogP) is 3.45. The van der Waals surface area contributed by atoms with E-state index >= 15 is 0 Å². The lowest BCUT2D eigenvalue weighted by Gasteiger charge is -2.23. The van der Waals surface area contributed by atoms with Crippen LogP contribution >= 0.6 is 0 Å². The third-order valence-electron chi connectivity index (χ3n) is 4.00. The highest BCUT2D eigenvalue weighted by atomic mass is 14.9. The van der Waals surface area contributed by atoms with Gasteiger partial charge < -0.3 is 5.32 Å². The molecule has 1 aromatic carbocycles. The average molecular weight is 266 g/mol. The Morgan fingerprint density at radius 2 is 2.00 bits per heavy atom. The highest BCUT2D eigenvalue weighted by Gasteiger charge is 2.17. The van der Waals surface area contributed by atoms with E-state index in [9.17, 15) is 0 Å². The minimum absolute atomic E-state index is 0.582. The van der Waals surface area contributed by atoms with Gasteiger partial charge in [-0.1, -0.05) is 30.3 Å². The van der Waals surface area contributed by atoms with Crippen molar-refractivity contribution in [3.05, 3.63) is 65.0 Å². The monoisotopic (exact) mass is 266 g/mol. The Kier molecular flexibility index (Phi) is 4.12. The summed E-state index contributed by atoms with van der Waals surface area (Å²) in [6, 6.07) is 15.2. The molecular formula is C18H22N2. The number of aryl methyl sites for hydroxylation is 1. The van der Waals surface area contributed by atoms with Crippen molar-refractivity contribution in [1.82, 2.24) is 10.3 Å². The van der Waals surface area contributed by atoms with Crippen molar-refractivity contribution in [3.63, 3.8) is 0 Å². The van der Waals surface area contributed by atoms with Crippen LogP contribution in [0.15, 0.2) is 42.5 Å². The third kappa shape index (κ3) is 3.26. The van der Waals surface area contributed by atoms with Crippen LogP contribution in [0.5, 0.6) is 0 Å². The summed E-state index contributed by atoms with van der Waals surface area (Å²) < 4.78 is 0. The second kappa shape index (κ2) is 6.19. The summed E-state index contributed by atoms with van der Waals surface area (Å²) in [6.45, 7) is 4.33. The molecule has 0 saturated carbocycles. The topological polar surface area (TPSA) is 24.9 Å². The van der Waals surface area contributed by atoms with Gasteiger partial charge in [0, 0.05) is 23.9 Å². The van der Waals surface area contributed by atoms with E-state index in [-0.39, 0.29) is 0 Å². The molecule has 0 amide bonds. The Balaban J connectivity index is 1.82. The summed E-state index contributed by atoms with van der Waals surface area (Å²) >= 11 is 0. The zero-order valence-corrected chi connectivity index (χ0v) is 12.1. The summed E-state index contributed by atoms with van der Waals surface area (Å²) in [5, 5.41) is 3.48. The number of nitrogens with one attached hydrogen (secondary N) is 1. The molecule has 1 atom stereocenters. The van der Waals surface area contributed by atoms with Gasteiger partial charge in [-0.25, -0.2) is 0 Å². The summed E-state index contributed by atoms with van der Waals surface area (Å²) in [6.07, 6.45) is 3.51. The normalized spacial score (nSPS) is 18.9. The molecule has 1 unspecified atom stereocenters. The molecule has 1 aliphatic rings. The van der Waals surface area contributed by atoms with Crippen molar-refractivity contribution in [2.45, 2.75) is 32.1 Å². The molecule has 1 N–H and O–H groups in total. The molecule has 2 heterocycles. The third-order valence-corrected chi connectivity index (χ3v) is 4.00. The van der Waals surface area contributed by atoms with E-state index in [0.717, 1.165) is 25.2 Å². The van der Waals surface area contributed by atoms with Crippen molar-refractivity contribution in [3.8, 4) is 0 Å². The lowest BCUT2D eigenvalue weighted by Crippen LogP contribution is -2.29. The number of aromatic nitrogens is 1. The van der Waals surface area contributed by atoms with E-state index in [4.69, 9.17) is 4.98 Å².